The molecule has 0 bridgehead atoms. The lowest BCUT2D eigenvalue weighted by Crippen LogP contribution is -2.38. The maximum Gasteiger partial charge on any atom is 0.242 e. The van der Waals surface area contributed by atoms with Crippen LogP contribution in [0.5, 0.6) is 0 Å². The van der Waals surface area contributed by atoms with Gasteiger partial charge in [0, 0.05) is 11.7 Å². The molecule has 2 N–H and O–H groups in total. The Morgan fingerprint density at radius 1 is 1.22 bits per heavy atom. The Labute approximate surface area is 109 Å². The molecule has 98 valence electrons. The van der Waals surface area contributed by atoms with Gasteiger partial charge in [0.25, 0.3) is 0 Å². The number of nitrogens with one attached hydrogen (secondary N) is 2. The number of para-hydroxylation sites is 1. The first-order valence-corrected chi connectivity index (χ1v) is 6.73. The van der Waals surface area contributed by atoms with Gasteiger partial charge in [0.15, 0.2) is 0 Å². The maximum atomic E-state index is 11.9. The highest BCUT2D eigenvalue weighted by Gasteiger charge is 2.25. The van der Waals surface area contributed by atoms with Crippen LogP contribution in [0.4, 0.5) is 5.69 Å². The van der Waals surface area contributed by atoms with E-state index in [1.54, 1.807) is 0 Å². The number of rotatable bonds is 5. The van der Waals surface area contributed by atoms with Crippen molar-refractivity contribution in [3.8, 4) is 0 Å². The average molecular weight is 246 g/mol. The number of anilines is 1. The summed E-state index contributed by atoms with van der Waals surface area (Å²) in [6.45, 7) is 6.24. The molecule has 3 heteroatoms. The lowest BCUT2D eigenvalue weighted by Gasteiger charge is -2.19. The molecule has 0 radical (unpaired) electrons. The van der Waals surface area contributed by atoms with E-state index < -0.39 is 0 Å². The summed E-state index contributed by atoms with van der Waals surface area (Å²) in [7, 11) is 0. The first kappa shape index (κ1) is 12.9. The second-order valence-electron chi connectivity index (χ2n) is 5.39. The van der Waals surface area contributed by atoms with Gasteiger partial charge >= 0.3 is 0 Å². The monoisotopic (exact) mass is 246 g/mol. The molecule has 1 atom stereocenters. The van der Waals surface area contributed by atoms with Gasteiger partial charge in [-0.05, 0) is 37.3 Å². The predicted molar refractivity (Wildman–Crippen MR) is 74.8 cm³/mol. The molecule has 0 aromatic heterocycles. The molecule has 18 heavy (non-hydrogen) atoms. The average Bonchev–Trinajstić information content (AvgIpc) is 3.13. The molecule has 0 unspecified atom stereocenters. The van der Waals surface area contributed by atoms with Gasteiger partial charge in [-0.25, -0.2) is 0 Å². The normalized spacial score (nSPS) is 16.4. The summed E-state index contributed by atoms with van der Waals surface area (Å²) in [5.74, 6) is 0.545. The summed E-state index contributed by atoms with van der Waals surface area (Å²) in [6.07, 6.45) is 2.25. The minimum Gasteiger partial charge on any atom is -0.374 e. The van der Waals surface area contributed by atoms with Crippen LogP contribution in [0, 0.1) is 0 Å². The quantitative estimate of drug-likeness (QED) is 0.838. The number of carbonyl (C=O) groups excluding carboxylic acids is 1. The lowest BCUT2D eigenvalue weighted by molar-refractivity contribution is -0.121. The SMILES string of the molecule is CC(C)c1ccccc1N[C@@H](C)C(=O)NC1CC1. The Morgan fingerprint density at radius 3 is 2.50 bits per heavy atom. The molecule has 1 aliphatic rings. The number of amides is 1. The van der Waals surface area contributed by atoms with Gasteiger partial charge in [-0.3, -0.25) is 4.79 Å². The Kier molecular flexibility index (Phi) is 3.90. The Hall–Kier alpha value is -1.51. The van der Waals surface area contributed by atoms with Crippen molar-refractivity contribution in [1.29, 1.82) is 0 Å². The summed E-state index contributed by atoms with van der Waals surface area (Å²) in [5, 5.41) is 6.33. The molecule has 1 aliphatic carbocycles. The molecule has 0 aliphatic heterocycles. The largest absolute Gasteiger partial charge is 0.374 e. The second-order valence-corrected chi connectivity index (χ2v) is 5.39. The molecule has 0 spiro atoms. The Morgan fingerprint density at radius 2 is 1.89 bits per heavy atom. The molecule has 1 aromatic rings. The summed E-state index contributed by atoms with van der Waals surface area (Å²) >= 11 is 0. The van der Waals surface area contributed by atoms with Gasteiger partial charge in [0.2, 0.25) is 5.91 Å². The summed E-state index contributed by atoms with van der Waals surface area (Å²) < 4.78 is 0. The molecule has 0 saturated heterocycles. The minimum atomic E-state index is -0.189. The van der Waals surface area contributed by atoms with E-state index >= 15 is 0 Å². The van der Waals surface area contributed by atoms with Crippen LogP contribution >= 0.6 is 0 Å². The van der Waals surface area contributed by atoms with Crippen LogP contribution in [0.15, 0.2) is 24.3 Å². The van der Waals surface area contributed by atoms with Crippen LogP contribution in [0.1, 0.15) is 45.1 Å². The number of carbonyl (C=O) groups is 1. The lowest BCUT2D eigenvalue weighted by atomic mass is 10.0. The summed E-state index contributed by atoms with van der Waals surface area (Å²) in [4.78, 5) is 11.9. The van der Waals surface area contributed by atoms with Gasteiger partial charge in [-0.2, -0.15) is 0 Å². The van der Waals surface area contributed by atoms with E-state index in [1.807, 2.05) is 25.1 Å². The fourth-order valence-corrected chi connectivity index (χ4v) is 1.98. The van der Waals surface area contributed by atoms with Gasteiger partial charge in [-0.1, -0.05) is 32.0 Å². The topological polar surface area (TPSA) is 41.1 Å². The third-order valence-electron chi connectivity index (χ3n) is 3.27. The van der Waals surface area contributed by atoms with Crippen LogP contribution in [-0.2, 0) is 4.79 Å². The third kappa shape index (κ3) is 3.25. The number of hydrogen-bond acceptors (Lipinski definition) is 2. The highest BCUT2D eigenvalue weighted by molar-refractivity contribution is 5.84. The third-order valence-corrected chi connectivity index (χ3v) is 3.27. The summed E-state index contributed by atoms with van der Waals surface area (Å²) in [5.41, 5.74) is 2.31. The highest BCUT2D eigenvalue weighted by Crippen LogP contribution is 2.24. The second kappa shape index (κ2) is 5.42. The van der Waals surface area contributed by atoms with E-state index in [0.29, 0.717) is 12.0 Å². The van der Waals surface area contributed by atoms with Crippen LogP contribution in [-0.4, -0.2) is 18.0 Å². The Balaban J connectivity index is 2.01. The first-order chi connectivity index (χ1) is 8.58. The molecule has 3 nitrogen and oxygen atoms in total. The van der Waals surface area contributed by atoms with E-state index in [9.17, 15) is 4.79 Å². The van der Waals surface area contributed by atoms with Crippen molar-refractivity contribution in [3.63, 3.8) is 0 Å². The number of benzene rings is 1. The van der Waals surface area contributed by atoms with Crippen LogP contribution in [0.3, 0.4) is 0 Å². The van der Waals surface area contributed by atoms with Crippen LogP contribution in [0.25, 0.3) is 0 Å². The fraction of sp³-hybridized carbons (Fsp3) is 0.533. The molecular formula is C15H22N2O. The van der Waals surface area contributed by atoms with E-state index in [-0.39, 0.29) is 11.9 Å². The Bertz CT molecular complexity index is 424. The standard InChI is InChI=1S/C15H22N2O/c1-10(2)13-6-4-5-7-14(13)16-11(3)15(18)17-12-8-9-12/h4-7,10-12,16H,8-9H2,1-3H3,(H,17,18)/t11-/m0/s1. The van der Waals surface area contributed by atoms with Crippen molar-refractivity contribution < 1.29 is 4.79 Å². The fourth-order valence-electron chi connectivity index (χ4n) is 1.98. The smallest absolute Gasteiger partial charge is 0.242 e. The molecule has 1 saturated carbocycles. The highest BCUT2D eigenvalue weighted by atomic mass is 16.2. The van der Waals surface area contributed by atoms with Gasteiger partial charge < -0.3 is 10.6 Å². The molecule has 2 rings (SSSR count). The minimum absolute atomic E-state index is 0.0936. The maximum absolute atomic E-state index is 11.9. The summed E-state index contributed by atoms with van der Waals surface area (Å²) in [6, 6.07) is 8.41. The van der Waals surface area contributed by atoms with Crippen molar-refractivity contribution in [2.75, 3.05) is 5.32 Å². The molecule has 1 aromatic carbocycles. The molecule has 1 fully saturated rings. The molecular weight excluding hydrogens is 224 g/mol. The van der Waals surface area contributed by atoms with Crippen LogP contribution < -0.4 is 10.6 Å². The zero-order valence-electron chi connectivity index (χ0n) is 11.4. The van der Waals surface area contributed by atoms with Crippen molar-refractivity contribution >= 4 is 11.6 Å². The van der Waals surface area contributed by atoms with E-state index in [1.165, 1.54) is 5.56 Å². The van der Waals surface area contributed by atoms with E-state index in [4.69, 9.17) is 0 Å². The predicted octanol–water partition coefficient (Wildman–Crippen LogP) is 2.89. The van der Waals surface area contributed by atoms with Crippen molar-refractivity contribution in [1.82, 2.24) is 5.32 Å². The van der Waals surface area contributed by atoms with E-state index in [0.717, 1.165) is 18.5 Å². The van der Waals surface area contributed by atoms with Crippen molar-refractivity contribution in [2.24, 2.45) is 0 Å². The van der Waals surface area contributed by atoms with Gasteiger partial charge in [0.05, 0.1) is 0 Å². The van der Waals surface area contributed by atoms with E-state index in [2.05, 4.69) is 30.5 Å². The molecule has 0 heterocycles. The first-order valence-electron chi connectivity index (χ1n) is 6.73. The zero-order valence-corrected chi connectivity index (χ0v) is 11.4. The van der Waals surface area contributed by atoms with Crippen LogP contribution in [0.2, 0.25) is 0 Å². The zero-order chi connectivity index (χ0) is 13.1. The van der Waals surface area contributed by atoms with Crippen molar-refractivity contribution in [2.45, 2.75) is 51.6 Å². The number of hydrogen-bond donors (Lipinski definition) is 2. The molecule has 1 amide bonds. The van der Waals surface area contributed by atoms with Gasteiger partial charge in [-0.15, -0.1) is 0 Å². The van der Waals surface area contributed by atoms with Crippen molar-refractivity contribution in [3.05, 3.63) is 29.8 Å². The van der Waals surface area contributed by atoms with Gasteiger partial charge in [0.1, 0.15) is 6.04 Å².